The number of ketones is 1. The van der Waals surface area contributed by atoms with Crippen molar-refractivity contribution in [3.63, 3.8) is 0 Å². The van der Waals surface area contributed by atoms with Crippen molar-refractivity contribution in [2.45, 2.75) is 116 Å². The number of nitro groups is 1. The van der Waals surface area contributed by atoms with E-state index in [-0.39, 0.29) is 11.5 Å². The molecule has 0 aliphatic heterocycles. The van der Waals surface area contributed by atoms with E-state index in [0.717, 1.165) is 17.8 Å². The predicted molar refractivity (Wildman–Crippen MR) is 156 cm³/mol. The highest BCUT2D eigenvalue weighted by Gasteiger charge is 2.25. The molecule has 2 aliphatic rings. The molecule has 0 N–H and O–H groups in total. The molecule has 206 valence electrons. The second-order valence-electron chi connectivity index (χ2n) is 12.1. The number of unbranched alkanes of at least 4 members (excludes halogenated alkanes) is 4. The molecule has 2 aromatic carbocycles. The summed E-state index contributed by atoms with van der Waals surface area (Å²) in [5.41, 5.74) is 2.47. The number of nitrogens with zero attached hydrogens (tertiary/aromatic N) is 1. The van der Waals surface area contributed by atoms with Crippen LogP contribution >= 0.6 is 0 Å². The van der Waals surface area contributed by atoms with Gasteiger partial charge in [-0.15, -0.1) is 0 Å². The third-order valence-electron chi connectivity index (χ3n) is 9.50. The Morgan fingerprint density at radius 3 is 1.68 bits per heavy atom. The molecule has 38 heavy (non-hydrogen) atoms. The first-order chi connectivity index (χ1) is 18.5. The Bertz CT molecular complexity index is 997. The van der Waals surface area contributed by atoms with Crippen molar-refractivity contribution >= 4 is 11.5 Å². The standard InChI is InChI=1S/C34H47NO3/c1-2-3-4-5-6-7-26-8-10-27(11-9-26)12-13-28-14-16-29(17-15-28)30-18-20-31(21-19-30)34(36)32-22-24-33(25-23-32)35(37)38/h18-29H,2-17H2,1H3. The summed E-state index contributed by atoms with van der Waals surface area (Å²) in [5, 5.41) is 10.9. The summed E-state index contributed by atoms with van der Waals surface area (Å²) >= 11 is 0. The van der Waals surface area contributed by atoms with Crippen LogP contribution in [0.2, 0.25) is 0 Å². The van der Waals surface area contributed by atoms with Crippen LogP contribution in [0.5, 0.6) is 0 Å². The van der Waals surface area contributed by atoms with E-state index in [9.17, 15) is 14.9 Å². The molecule has 0 spiro atoms. The van der Waals surface area contributed by atoms with Gasteiger partial charge >= 0.3 is 0 Å². The van der Waals surface area contributed by atoms with E-state index in [2.05, 4.69) is 19.1 Å². The lowest BCUT2D eigenvalue weighted by molar-refractivity contribution is -0.384. The lowest BCUT2D eigenvalue weighted by Crippen LogP contribution is -2.18. The van der Waals surface area contributed by atoms with E-state index in [1.807, 2.05) is 12.1 Å². The number of benzene rings is 2. The van der Waals surface area contributed by atoms with Crippen molar-refractivity contribution < 1.29 is 9.72 Å². The van der Waals surface area contributed by atoms with E-state index in [4.69, 9.17) is 0 Å². The molecule has 2 aromatic rings. The van der Waals surface area contributed by atoms with E-state index < -0.39 is 4.92 Å². The largest absolute Gasteiger partial charge is 0.289 e. The van der Waals surface area contributed by atoms with Crippen molar-refractivity contribution in [2.24, 2.45) is 17.8 Å². The number of carbonyl (C=O) groups excluding carboxylic acids is 1. The molecule has 0 bridgehead atoms. The molecule has 0 heterocycles. The van der Waals surface area contributed by atoms with Crippen LogP contribution in [0.1, 0.15) is 137 Å². The first-order valence-electron chi connectivity index (χ1n) is 15.4. The van der Waals surface area contributed by atoms with E-state index >= 15 is 0 Å². The number of carbonyl (C=O) groups is 1. The van der Waals surface area contributed by atoms with Crippen molar-refractivity contribution in [3.05, 3.63) is 75.3 Å². The van der Waals surface area contributed by atoms with E-state index in [1.54, 1.807) is 0 Å². The zero-order valence-electron chi connectivity index (χ0n) is 23.4. The molecule has 0 radical (unpaired) electrons. The smallest absolute Gasteiger partial charge is 0.269 e. The Hall–Kier alpha value is -2.49. The summed E-state index contributed by atoms with van der Waals surface area (Å²) in [6.45, 7) is 2.30. The van der Waals surface area contributed by atoms with Gasteiger partial charge in [0.25, 0.3) is 5.69 Å². The third kappa shape index (κ3) is 8.25. The van der Waals surface area contributed by atoms with Gasteiger partial charge in [-0.2, -0.15) is 0 Å². The Morgan fingerprint density at radius 1 is 0.684 bits per heavy atom. The molecule has 0 atom stereocenters. The fourth-order valence-corrected chi connectivity index (χ4v) is 6.91. The summed E-state index contributed by atoms with van der Waals surface area (Å²) in [6.07, 6.45) is 22.5. The van der Waals surface area contributed by atoms with E-state index in [1.165, 1.54) is 133 Å². The molecule has 2 aliphatic carbocycles. The minimum absolute atomic E-state index is 0.00313. The number of rotatable bonds is 13. The van der Waals surface area contributed by atoms with Gasteiger partial charge in [0.15, 0.2) is 5.78 Å². The molecule has 4 rings (SSSR count). The van der Waals surface area contributed by atoms with E-state index in [0.29, 0.717) is 17.0 Å². The number of nitro benzene ring substituents is 1. The summed E-state index contributed by atoms with van der Waals surface area (Å²) < 4.78 is 0. The predicted octanol–water partition coefficient (Wildman–Crippen LogP) is 10.0. The van der Waals surface area contributed by atoms with Crippen LogP contribution in [0, 0.1) is 27.9 Å². The zero-order valence-corrected chi connectivity index (χ0v) is 23.4. The van der Waals surface area contributed by atoms with Gasteiger partial charge in [0.2, 0.25) is 0 Å². The SMILES string of the molecule is CCCCCCCC1CCC(CCC2CCC(c3ccc(C(=O)c4ccc([N+](=O)[O-])cc4)cc3)CC2)CC1. The van der Waals surface area contributed by atoms with Gasteiger partial charge in [0.05, 0.1) is 4.92 Å². The molecular formula is C34H47NO3. The van der Waals surface area contributed by atoms with Crippen molar-refractivity contribution in [3.8, 4) is 0 Å². The summed E-state index contributed by atoms with van der Waals surface area (Å²) in [7, 11) is 0. The fraction of sp³-hybridized carbons (Fsp3) is 0.618. The Kier molecular flexibility index (Phi) is 11.0. The number of hydrogen-bond donors (Lipinski definition) is 0. The minimum Gasteiger partial charge on any atom is -0.289 e. The second-order valence-corrected chi connectivity index (χ2v) is 12.1. The molecule has 0 aromatic heterocycles. The maximum atomic E-state index is 12.8. The van der Waals surface area contributed by atoms with Gasteiger partial charge in [0.1, 0.15) is 0 Å². The maximum absolute atomic E-state index is 12.8. The normalized spacial score (nSPS) is 23.7. The Balaban J connectivity index is 1.14. The van der Waals surface area contributed by atoms with Crippen LogP contribution in [-0.2, 0) is 0 Å². The summed E-state index contributed by atoms with van der Waals surface area (Å²) in [4.78, 5) is 23.2. The molecule has 0 saturated heterocycles. The Morgan fingerprint density at radius 2 is 1.16 bits per heavy atom. The van der Waals surface area contributed by atoms with Crippen LogP contribution in [0.15, 0.2) is 48.5 Å². The van der Waals surface area contributed by atoms with Gasteiger partial charge in [-0.25, -0.2) is 0 Å². The van der Waals surface area contributed by atoms with Gasteiger partial charge in [-0.3, -0.25) is 14.9 Å². The average molecular weight is 518 g/mol. The third-order valence-corrected chi connectivity index (χ3v) is 9.50. The number of non-ortho nitro benzene ring substituents is 1. The summed E-state index contributed by atoms with van der Waals surface area (Å²) in [5.74, 6) is 3.40. The molecule has 2 fully saturated rings. The van der Waals surface area contributed by atoms with Gasteiger partial charge in [0, 0.05) is 23.3 Å². The lowest BCUT2D eigenvalue weighted by Gasteiger charge is -2.32. The lowest BCUT2D eigenvalue weighted by atomic mass is 9.74. The van der Waals surface area contributed by atoms with Gasteiger partial charge in [-0.1, -0.05) is 108 Å². The van der Waals surface area contributed by atoms with Gasteiger partial charge in [-0.05, 0) is 67.1 Å². The summed E-state index contributed by atoms with van der Waals surface area (Å²) in [6, 6.07) is 13.9. The minimum atomic E-state index is -0.445. The van der Waals surface area contributed by atoms with Crippen LogP contribution < -0.4 is 0 Å². The topological polar surface area (TPSA) is 60.2 Å². The molecule has 4 heteroatoms. The molecule has 0 amide bonds. The van der Waals surface area contributed by atoms with Crippen LogP contribution in [0.4, 0.5) is 5.69 Å². The molecular weight excluding hydrogens is 470 g/mol. The average Bonchev–Trinajstić information content (AvgIpc) is 2.96. The first kappa shape index (κ1) is 28.5. The molecule has 2 saturated carbocycles. The first-order valence-corrected chi connectivity index (χ1v) is 15.4. The van der Waals surface area contributed by atoms with Crippen molar-refractivity contribution in [1.29, 1.82) is 0 Å². The maximum Gasteiger partial charge on any atom is 0.269 e. The van der Waals surface area contributed by atoms with Crippen LogP contribution in [0.25, 0.3) is 0 Å². The van der Waals surface area contributed by atoms with Gasteiger partial charge < -0.3 is 0 Å². The molecule has 4 nitrogen and oxygen atoms in total. The second kappa shape index (κ2) is 14.6. The van der Waals surface area contributed by atoms with Crippen LogP contribution in [0.3, 0.4) is 0 Å². The fourth-order valence-electron chi connectivity index (χ4n) is 6.91. The highest BCUT2D eigenvalue weighted by molar-refractivity contribution is 6.09. The Labute approximate surface area is 229 Å². The van der Waals surface area contributed by atoms with Crippen molar-refractivity contribution in [1.82, 2.24) is 0 Å². The monoisotopic (exact) mass is 517 g/mol. The quantitative estimate of drug-likeness (QED) is 0.115. The number of hydrogen-bond acceptors (Lipinski definition) is 3. The zero-order chi connectivity index (χ0) is 26.7. The highest BCUT2D eigenvalue weighted by Crippen LogP contribution is 2.40. The van der Waals surface area contributed by atoms with Crippen LogP contribution in [-0.4, -0.2) is 10.7 Å². The highest BCUT2D eigenvalue weighted by atomic mass is 16.6. The van der Waals surface area contributed by atoms with Crippen molar-refractivity contribution in [2.75, 3.05) is 0 Å². The molecule has 0 unspecified atom stereocenters.